The molecule has 76 valence electrons. The van der Waals surface area contributed by atoms with Crippen LogP contribution < -0.4 is 5.73 Å². The highest BCUT2D eigenvalue weighted by atomic mass is 15.0. The first-order chi connectivity index (χ1) is 6.66. The third-order valence-corrected chi connectivity index (χ3v) is 2.84. The van der Waals surface area contributed by atoms with Crippen molar-refractivity contribution in [3.8, 4) is 0 Å². The summed E-state index contributed by atoms with van der Waals surface area (Å²) in [6.07, 6.45) is 3.75. The smallest absolute Gasteiger partial charge is 0.134 e. The number of rotatable bonds is 2. The molecule has 1 heterocycles. The fraction of sp³-hybridized carbons (Fsp3) is 0.636. The number of hydrogen-bond acceptors (Lipinski definition) is 3. The third-order valence-electron chi connectivity index (χ3n) is 2.84. The lowest BCUT2D eigenvalue weighted by molar-refractivity contribution is 0.400. The van der Waals surface area contributed by atoms with Crippen molar-refractivity contribution in [3.05, 3.63) is 17.6 Å². The number of nitrogens with zero attached hydrogens (tertiary/aromatic N) is 2. The molecule has 1 aliphatic rings. The first kappa shape index (κ1) is 9.44. The fourth-order valence-corrected chi connectivity index (χ4v) is 1.65. The molecular formula is C11H17N3. The highest BCUT2D eigenvalue weighted by Crippen LogP contribution is 2.35. The molecule has 0 amide bonds. The fourth-order valence-electron chi connectivity index (χ4n) is 1.65. The minimum absolute atomic E-state index is 0.430. The van der Waals surface area contributed by atoms with Crippen molar-refractivity contribution in [2.24, 2.45) is 0 Å². The molecule has 1 aromatic heterocycles. The average Bonchev–Trinajstić information content (AvgIpc) is 1.99. The van der Waals surface area contributed by atoms with E-state index in [1.54, 1.807) is 0 Å². The molecular weight excluding hydrogens is 174 g/mol. The van der Waals surface area contributed by atoms with E-state index < -0.39 is 0 Å². The topological polar surface area (TPSA) is 51.8 Å². The Balaban J connectivity index is 2.30. The lowest BCUT2D eigenvalue weighted by atomic mass is 9.84. The van der Waals surface area contributed by atoms with Crippen LogP contribution in [0.3, 0.4) is 0 Å². The summed E-state index contributed by atoms with van der Waals surface area (Å²) >= 11 is 0. The second-order valence-corrected chi connectivity index (χ2v) is 4.36. The van der Waals surface area contributed by atoms with Gasteiger partial charge < -0.3 is 5.73 Å². The normalized spacial score (nSPS) is 17.1. The van der Waals surface area contributed by atoms with Crippen LogP contribution in [0, 0.1) is 0 Å². The SMILES string of the molecule is CC(C)c1cc(N)nc(C2CCC2)n1. The second kappa shape index (κ2) is 3.56. The van der Waals surface area contributed by atoms with Crippen LogP contribution in [0.4, 0.5) is 5.82 Å². The molecule has 3 heteroatoms. The molecule has 0 atom stereocenters. The average molecular weight is 191 g/mol. The van der Waals surface area contributed by atoms with Gasteiger partial charge in [0.25, 0.3) is 0 Å². The molecule has 0 aromatic carbocycles. The predicted molar refractivity (Wildman–Crippen MR) is 57.1 cm³/mol. The van der Waals surface area contributed by atoms with Crippen molar-refractivity contribution in [2.45, 2.75) is 44.9 Å². The Hall–Kier alpha value is -1.12. The highest BCUT2D eigenvalue weighted by molar-refractivity contribution is 5.32. The Kier molecular flexibility index (Phi) is 2.40. The molecule has 2 rings (SSSR count). The molecule has 3 nitrogen and oxygen atoms in total. The van der Waals surface area contributed by atoms with Crippen molar-refractivity contribution in [2.75, 3.05) is 5.73 Å². The number of hydrogen-bond donors (Lipinski definition) is 1. The molecule has 0 saturated heterocycles. The summed E-state index contributed by atoms with van der Waals surface area (Å²) < 4.78 is 0. The lowest BCUT2D eigenvalue weighted by Gasteiger charge is -2.24. The van der Waals surface area contributed by atoms with Gasteiger partial charge in [-0.15, -0.1) is 0 Å². The van der Waals surface area contributed by atoms with Gasteiger partial charge in [0.2, 0.25) is 0 Å². The van der Waals surface area contributed by atoms with Crippen molar-refractivity contribution in [1.29, 1.82) is 0 Å². The minimum atomic E-state index is 0.430. The summed E-state index contributed by atoms with van der Waals surface area (Å²) in [5.74, 6) is 2.57. The Labute approximate surface area is 84.8 Å². The van der Waals surface area contributed by atoms with E-state index in [4.69, 9.17) is 5.73 Å². The summed E-state index contributed by atoms with van der Waals surface area (Å²) in [7, 11) is 0. The van der Waals surface area contributed by atoms with Crippen molar-refractivity contribution < 1.29 is 0 Å². The van der Waals surface area contributed by atoms with Crippen LogP contribution in [0.1, 0.15) is 56.5 Å². The molecule has 0 unspecified atom stereocenters. The number of nitrogen functional groups attached to an aromatic ring is 1. The van der Waals surface area contributed by atoms with Crippen LogP contribution in [0.25, 0.3) is 0 Å². The summed E-state index contributed by atoms with van der Waals surface area (Å²) in [5.41, 5.74) is 6.83. The Bertz CT molecular complexity index is 329. The van der Waals surface area contributed by atoms with E-state index >= 15 is 0 Å². The zero-order chi connectivity index (χ0) is 10.1. The first-order valence-corrected chi connectivity index (χ1v) is 5.31. The van der Waals surface area contributed by atoms with Crippen LogP contribution in [-0.4, -0.2) is 9.97 Å². The molecule has 1 aromatic rings. The molecule has 0 spiro atoms. The van der Waals surface area contributed by atoms with Gasteiger partial charge in [-0.2, -0.15) is 0 Å². The van der Waals surface area contributed by atoms with Crippen LogP contribution in [-0.2, 0) is 0 Å². The minimum Gasteiger partial charge on any atom is -0.384 e. The van der Waals surface area contributed by atoms with E-state index in [0.29, 0.717) is 17.7 Å². The first-order valence-electron chi connectivity index (χ1n) is 5.31. The van der Waals surface area contributed by atoms with Crippen molar-refractivity contribution >= 4 is 5.82 Å². The van der Waals surface area contributed by atoms with Gasteiger partial charge in [0.15, 0.2) is 0 Å². The molecule has 0 aliphatic heterocycles. The van der Waals surface area contributed by atoms with E-state index in [1.165, 1.54) is 19.3 Å². The maximum absolute atomic E-state index is 5.76. The van der Waals surface area contributed by atoms with E-state index in [0.717, 1.165) is 11.5 Å². The maximum atomic E-state index is 5.76. The van der Waals surface area contributed by atoms with Gasteiger partial charge in [-0.3, -0.25) is 0 Å². The van der Waals surface area contributed by atoms with Gasteiger partial charge in [-0.1, -0.05) is 20.3 Å². The number of aromatic nitrogens is 2. The lowest BCUT2D eigenvalue weighted by Crippen LogP contribution is -2.15. The Morgan fingerprint density at radius 3 is 2.57 bits per heavy atom. The predicted octanol–water partition coefficient (Wildman–Crippen LogP) is 2.45. The van der Waals surface area contributed by atoms with Gasteiger partial charge in [-0.25, -0.2) is 9.97 Å². The van der Waals surface area contributed by atoms with E-state index in [9.17, 15) is 0 Å². The molecule has 1 fully saturated rings. The van der Waals surface area contributed by atoms with Crippen LogP contribution >= 0.6 is 0 Å². The van der Waals surface area contributed by atoms with Gasteiger partial charge in [0, 0.05) is 17.7 Å². The number of anilines is 1. The molecule has 2 N–H and O–H groups in total. The van der Waals surface area contributed by atoms with Gasteiger partial charge in [-0.05, 0) is 18.8 Å². The summed E-state index contributed by atoms with van der Waals surface area (Å²) in [4.78, 5) is 8.87. The van der Waals surface area contributed by atoms with Crippen LogP contribution in [0.2, 0.25) is 0 Å². The van der Waals surface area contributed by atoms with Crippen molar-refractivity contribution in [3.63, 3.8) is 0 Å². The Morgan fingerprint density at radius 2 is 2.07 bits per heavy atom. The third kappa shape index (κ3) is 1.72. The molecule has 0 bridgehead atoms. The zero-order valence-electron chi connectivity index (χ0n) is 8.83. The maximum Gasteiger partial charge on any atom is 0.134 e. The van der Waals surface area contributed by atoms with Gasteiger partial charge in [0.1, 0.15) is 11.6 Å². The zero-order valence-corrected chi connectivity index (χ0v) is 8.83. The quantitative estimate of drug-likeness (QED) is 0.781. The molecule has 14 heavy (non-hydrogen) atoms. The second-order valence-electron chi connectivity index (χ2n) is 4.36. The molecule has 1 saturated carbocycles. The highest BCUT2D eigenvalue weighted by Gasteiger charge is 2.23. The standard InChI is InChI=1S/C11H17N3/c1-7(2)9-6-10(12)14-11(13-9)8-4-3-5-8/h6-8H,3-5H2,1-2H3,(H2,12,13,14). The van der Waals surface area contributed by atoms with E-state index in [1.807, 2.05) is 6.07 Å². The molecule has 1 aliphatic carbocycles. The summed E-state index contributed by atoms with van der Waals surface area (Å²) in [6.45, 7) is 4.26. The summed E-state index contributed by atoms with van der Waals surface area (Å²) in [5, 5.41) is 0. The monoisotopic (exact) mass is 191 g/mol. The van der Waals surface area contributed by atoms with E-state index in [2.05, 4.69) is 23.8 Å². The van der Waals surface area contributed by atoms with E-state index in [-0.39, 0.29) is 0 Å². The van der Waals surface area contributed by atoms with Crippen molar-refractivity contribution in [1.82, 2.24) is 9.97 Å². The largest absolute Gasteiger partial charge is 0.384 e. The number of nitrogens with two attached hydrogens (primary N) is 1. The summed E-state index contributed by atoms with van der Waals surface area (Å²) in [6, 6.07) is 1.88. The molecule has 0 radical (unpaired) electrons. The van der Waals surface area contributed by atoms with Crippen LogP contribution in [0.5, 0.6) is 0 Å². The Morgan fingerprint density at radius 1 is 1.36 bits per heavy atom. The van der Waals surface area contributed by atoms with Gasteiger partial charge in [0.05, 0.1) is 0 Å². The van der Waals surface area contributed by atoms with Crippen LogP contribution in [0.15, 0.2) is 6.07 Å². The van der Waals surface area contributed by atoms with Gasteiger partial charge >= 0.3 is 0 Å².